The molecule has 2 unspecified atom stereocenters. The van der Waals surface area contributed by atoms with Crippen molar-refractivity contribution in [3.05, 3.63) is 35.4 Å². The number of nitrogens with zero attached hydrogens (tertiary/aromatic N) is 3. The average molecular weight is 397 g/mol. The molecule has 1 fully saturated rings. The maximum atomic E-state index is 13.5. The first-order valence-electron chi connectivity index (χ1n) is 9.54. The van der Waals surface area contributed by atoms with Gasteiger partial charge in [0.15, 0.2) is 11.6 Å². The summed E-state index contributed by atoms with van der Waals surface area (Å²) in [6.07, 6.45) is 2.60. The fraction of sp³-hybridized carbons (Fsp3) is 0.600. The summed E-state index contributed by atoms with van der Waals surface area (Å²) in [7, 11) is 3.48. The van der Waals surface area contributed by atoms with Crippen LogP contribution in [0.2, 0.25) is 0 Å². The lowest BCUT2D eigenvalue weighted by Crippen LogP contribution is -2.40. The van der Waals surface area contributed by atoms with Gasteiger partial charge in [0.25, 0.3) is 0 Å². The van der Waals surface area contributed by atoms with Gasteiger partial charge in [-0.3, -0.25) is 19.4 Å². The van der Waals surface area contributed by atoms with Crippen LogP contribution in [0.5, 0.6) is 0 Å². The van der Waals surface area contributed by atoms with Gasteiger partial charge in [-0.2, -0.15) is 0 Å². The van der Waals surface area contributed by atoms with Gasteiger partial charge in [-0.15, -0.1) is 0 Å². The fourth-order valence-electron chi connectivity index (χ4n) is 3.59. The highest BCUT2D eigenvalue weighted by Crippen LogP contribution is 2.22. The van der Waals surface area contributed by atoms with Gasteiger partial charge in [-0.05, 0) is 57.5 Å². The van der Waals surface area contributed by atoms with Gasteiger partial charge >= 0.3 is 5.97 Å². The zero-order chi connectivity index (χ0) is 20.8. The van der Waals surface area contributed by atoms with Crippen LogP contribution in [0.25, 0.3) is 0 Å². The van der Waals surface area contributed by atoms with E-state index in [0.717, 1.165) is 37.9 Å². The van der Waals surface area contributed by atoms with Gasteiger partial charge in [0.2, 0.25) is 5.91 Å². The largest absolute Gasteiger partial charge is 0.480 e. The Bertz CT molecular complexity index is 701. The summed E-state index contributed by atoms with van der Waals surface area (Å²) in [6, 6.07) is 3.50. The molecule has 1 aromatic carbocycles. The number of rotatable bonds is 7. The maximum absolute atomic E-state index is 13.5. The third kappa shape index (κ3) is 5.97. The standard InChI is InChI=1S/C20H29F2N3O3/c1-14(15-6-7-17(21)18(22)11-15)24(3)19(26)12-25-9-4-5-16(8-10-25)23(2)13-20(27)28/h6-7,11,14,16H,4-5,8-10,12-13H2,1-3H3,(H,27,28). The number of likely N-dealkylation sites (N-methyl/N-ethyl adjacent to an activating group) is 2. The number of carboxylic acid groups (broad SMARTS) is 1. The van der Waals surface area contributed by atoms with Crippen LogP contribution in [0.15, 0.2) is 18.2 Å². The highest BCUT2D eigenvalue weighted by atomic mass is 19.2. The Kier molecular flexibility index (Phi) is 7.88. The topological polar surface area (TPSA) is 64.1 Å². The number of benzene rings is 1. The van der Waals surface area contributed by atoms with Gasteiger partial charge in [0, 0.05) is 19.6 Å². The third-order valence-electron chi connectivity index (χ3n) is 5.56. The molecule has 8 heteroatoms. The van der Waals surface area contributed by atoms with E-state index in [1.54, 1.807) is 18.9 Å². The first kappa shape index (κ1) is 22.2. The zero-order valence-corrected chi connectivity index (χ0v) is 16.7. The van der Waals surface area contributed by atoms with E-state index < -0.39 is 17.6 Å². The molecular formula is C20H29F2N3O3. The molecule has 28 heavy (non-hydrogen) atoms. The monoisotopic (exact) mass is 397 g/mol. The number of hydrogen-bond donors (Lipinski definition) is 1. The minimum Gasteiger partial charge on any atom is -0.480 e. The molecule has 0 radical (unpaired) electrons. The highest BCUT2D eigenvalue weighted by Gasteiger charge is 2.25. The Morgan fingerprint density at radius 3 is 2.57 bits per heavy atom. The van der Waals surface area contributed by atoms with E-state index in [-0.39, 0.29) is 31.1 Å². The number of hydrogen-bond acceptors (Lipinski definition) is 4. The molecule has 0 bridgehead atoms. The molecular weight excluding hydrogens is 368 g/mol. The van der Waals surface area contributed by atoms with Crippen molar-refractivity contribution in [1.82, 2.24) is 14.7 Å². The number of halogens is 2. The number of carbonyl (C=O) groups is 2. The molecule has 1 saturated heterocycles. The van der Waals surface area contributed by atoms with Gasteiger partial charge in [-0.25, -0.2) is 8.78 Å². The van der Waals surface area contributed by atoms with Crippen LogP contribution in [0.4, 0.5) is 8.78 Å². The fourth-order valence-corrected chi connectivity index (χ4v) is 3.59. The van der Waals surface area contributed by atoms with Crippen molar-refractivity contribution in [2.24, 2.45) is 0 Å². The minimum atomic E-state index is -0.922. The molecule has 2 atom stereocenters. The molecule has 0 aromatic heterocycles. The van der Waals surface area contributed by atoms with Crippen LogP contribution in [0.3, 0.4) is 0 Å². The van der Waals surface area contributed by atoms with E-state index in [1.165, 1.54) is 6.07 Å². The predicted octanol–water partition coefficient (Wildman–Crippen LogP) is 2.36. The van der Waals surface area contributed by atoms with E-state index >= 15 is 0 Å². The number of likely N-dealkylation sites (tertiary alicyclic amines) is 1. The predicted molar refractivity (Wildman–Crippen MR) is 102 cm³/mol. The normalized spacial score (nSPS) is 19.3. The van der Waals surface area contributed by atoms with E-state index in [4.69, 9.17) is 5.11 Å². The Balaban J connectivity index is 1.90. The average Bonchev–Trinajstić information content (AvgIpc) is 2.87. The molecule has 6 nitrogen and oxygen atoms in total. The van der Waals surface area contributed by atoms with Crippen molar-refractivity contribution >= 4 is 11.9 Å². The first-order chi connectivity index (χ1) is 13.2. The molecule has 1 amide bonds. The summed E-state index contributed by atoms with van der Waals surface area (Å²) in [6.45, 7) is 3.53. The van der Waals surface area contributed by atoms with Crippen molar-refractivity contribution in [2.45, 2.75) is 38.3 Å². The molecule has 2 rings (SSSR count). The quantitative estimate of drug-likeness (QED) is 0.765. The van der Waals surface area contributed by atoms with E-state index in [9.17, 15) is 18.4 Å². The Morgan fingerprint density at radius 2 is 1.93 bits per heavy atom. The summed E-state index contributed by atoms with van der Waals surface area (Å²) in [5.74, 6) is -2.76. The molecule has 156 valence electrons. The van der Waals surface area contributed by atoms with Gasteiger partial charge in [0.1, 0.15) is 0 Å². The van der Waals surface area contributed by atoms with Crippen molar-refractivity contribution in [3.63, 3.8) is 0 Å². The molecule has 1 aromatic rings. The van der Waals surface area contributed by atoms with Crippen LogP contribution in [0, 0.1) is 11.6 Å². The summed E-state index contributed by atoms with van der Waals surface area (Å²) < 4.78 is 26.6. The first-order valence-corrected chi connectivity index (χ1v) is 9.54. The zero-order valence-electron chi connectivity index (χ0n) is 16.7. The van der Waals surface area contributed by atoms with Crippen LogP contribution in [-0.2, 0) is 9.59 Å². The molecule has 1 aliphatic heterocycles. The molecule has 0 aliphatic carbocycles. The minimum absolute atomic E-state index is 0.0120. The number of carbonyl (C=O) groups excluding carboxylic acids is 1. The van der Waals surface area contributed by atoms with Crippen LogP contribution >= 0.6 is 0 Å². The summed E-state index contributed by atoms with van der Waals surface area (Å²) in [5, 5.41) is 8.95. The lowest BCUT2D eigenvalue weighted by Gasteiger charge is -2.29. The second-order valence-corrected chi connectivity index (χ2v) is 7.52. The van der Waals surface area contributed by atoms with Crippen molar-refractivity contribution in [3.8, 4) is 0 Å². The number of carboxylic acids is 1. The van der Waals surface area contributed by atoms with E-state index in [2.05, 4.69) is 4.90 Å². The summed E-state index contributed by atoms with van der Waals surface area (Å²) in [5.41, 5.74) is 0.543. The molecule has 1 heterocycles. The lowest BCUT2D eigenvalue weighted by atomic mass is 10.1. The van der Waals surface area contributed by atoms with Crippen molar-refractivity contribution in [1.29, 1.82) is 0 Å². The molecule has 1 aliphatic rings. The third-order valence-corrected chi connectivity index (χ3v) is 5.56. The highest BCUT2D eigenvalue weighted by molar-refractivity contribution is 5.78. The van der Waals surface area contributed by atoms with E-state index in [0.29, 0.717) is 12.1 Å². The molecule has 0 saturated carbocycles. The van der Waals surface area contributed by atoms with Crippen LogP contribution in [0.1, 0.15) is 37.8 Å². The maximum Gasteiger partial charge on any atom is 0.317 e. The second-order valence-electron chi connectivity index (χ2n) is 7.52. The molecule has 0 spiro atoms. The van der Waals surface area contributed by atoms with Crippen molar-refractivity contribution < 1.29 is 23.5 Å². The SMILES string of the molecule is CC(c1ccc(F)c(F)c1)N(C)C(=O)CN1CCCC(N(C)CC(=O)O)CC1. The Labute approximate surface area is 164 Å². The lowest BCUT2D eigenvalue weighted by molar-refractivity contribution is -0.138. The van der Waals surface area contributed by atoms with Gasteiger partial charge < -0.3 is 10.0 Å². The van der Waals surface area contributed by atoms with E-state index in [1.807, 2.05) is 11.9 Å². The second kappa shape index (κ2) is 9.93. The Morgan fingerprint density at radius 1 is 1.21 bits per heavy atom. The Hall–Kier alpha value is -2.06. The molecule has 1 N–H and O–H groups in total. The number of aliphatic carboxylic acids is 1. The van der Waals surface area contributed by atoms with Gasteiger partial charge in [-0.1, -0.05) is 6.07 Å². The summed E-state index contributed by atoms with van der Waals surface area (Å²) >= 11 is 0. The van der Waals surface area contributed by atoms with Crippen LogP contribution in [-0.4, -0.2) is 78.0 Å². The van der Waals surface area contributed by atoms with Crippen molar-refractivity contribution in [2.75, 3.05) is 40.3 Å². The van der Waals surface area contributed by atoms with Crippen LogP contribution < -0.4 is 0 Å². The number of amides is 1. The van der Waals surface area contributed by atoms with Gasteiger partial charge in [0.05, 0.1) is 19.1 Å². The summed E-state index contributed by atoms with van der Waals surface area (Å²) in [4.78, 5) is 29.1. The smallest absolute Gasteiger partial charge is 0.317 e.